The van der Waals surface area contributed by atoms with Crippen LogP contribution in [0.2, 0.25) is 0 Å². The Labute approximate surface area is 328 Å². The molecule has 4 heterocycles. The third-order valence-electron chi connectivity index (χ3n) is 11.8. The summed E-state index contributed by atoms with van der Waals surface area (Å²) in [4.78, 5) is 62.8. The normalized spacial score (nSPS) is 17.8. The van der Waals surface area contributed by atoms with Gasteiger partial charge in [-0.15, -0.1) is 0 Å². The van der Waals surface area contributed by atoms with Gasteiger partial charge in [0.1, 0.15) is 23.2 Å². The van der Waals surface area contributed by atoms with Gasteiger partial charge in [-0.05, 0) is 80.4 Å². The number of nitrogens with one attached hydrogen (secondary N) is 2. The van der Waals surface area contributed by atoms with Gasteiger partial charge in [-0.1, -0.05) is 92.7 Å². The number of benzene rings is 3. The van der Waals surface area contributed by atoms with Gasteiger partial charge in [-0.25, -0.2) is 14.8 Å². The number of nitrogens with zero attached hydrogens (tertiary/aromatic N) is 6. The van der Waals surface area contributed by atoms with Crippen LogP contribution >= 0.6 is 0 Å². The van der Waals surface area contributed by atoms with E-state index < -0.39 is 11.6 Å². The van der Waals surface area contributed by atoms with E-state index in [4.69, 9.17) is 4.98 Å². The number of carbonyl (C=O) groups is 3. The Bertz CT molecular complexity index is 2140. The first-order chi connectivity index (χ1) is 27.0. The highest BCUT2D eigenvalue weighted by Gasteiger charge is 2.43. The van der Waals surface area contributed by atoms with Crippen LogP contribution in [0.1, 0.15) is 88.7 Å². The summed E-state index contributed by atoms with van der Waals surface area (Å²) in [7, 11) is 1.42. The highest BCUT2D eigenvalue weighted by atomic mass is 16.4. The smallest absolute Gasteiger partial charge is 0.407 e. The number of aromatic nitrogens is 4. The molecule has 2 saturated heterocycles. The first-order valence-corrected chi connectivity index (χ1v) is 19.7. The number of likely N-dealkylation sites (tertiary alicyclic amines) is 2. The van der Waals surface area contributed by atoms with Crippen molar-refractivity contribution >= 4 is 17.9 Å². The van der Waals surface area contributed by atoms with Crippen molar-refractivity contribution in [3.05, 3.63) is 108 Å². The molecule has 2 aliphatic heterocycles. The van der Waals surface area contributed by atoms with Gasteiger partial charge in [0.15, 0.2) is 0 Å². The van der Waals surface area contributed by atoms with Crippen LogP contribution in [-0.4, -0.2) is 101 Å². The van der Waals surface area contributed by atoms with Crippen molar-refractivity contribution in [2.24, 2.45) is 0 Å². The summed E-state index contributed by atoms with van der Waals surface area (Å²) in [6.45, 7) is 10.3. The maximum atomic E-state index is 14.2. The number of hydrogen-bond donors (Lipinski definition) is 3. The minimum atomic E-state index is -1.20. The Morgan fingerprint density at radius 3 is 1.70 bits per heavy atom. The molecule has 2 aromatic heterocycles. The SMILES string of the molecule is CCN(CC)[C@@H](C(=O)N1CCC[C@H]1c1ncc(-c2ccc(-c3ccc(-c4cnc([C@@H]5CCCN5C(=O)C(C)(C)N(C)C(=O)O)[nH]4)cc3)cc2)[nH]1)c1ccccc1. The molecule has 0 bridgehead atoms. The van der Waals surface area contributed by atoms with Crippen LogP contribution < -0.4 is 0 Å². The topological polar surface area (TPSA) is 142 Å². The molecule has 292 valence electrons. The molecule has 2 aliphatic rings. The number of rotatable bonds is 12. The molecule has 7 rings (SSSR count). The molecule has 0 aliphatic carbocycles. The highest BCUT2D eigenvalue weighted by molar-refractivity contribution is 5.89. The monoisotopic (exact) mass is 756 g/mol. The number of carbonyl (C=O) groups excluding carboxylic acids is 2. The molecule has 0 unspecified atom stereocenters. The molecule has 0 spiro atoms. The molecule has 0 saturated carbocycles. The molecule has 5 aromatic rings. The second kappa shape index (κ2) is 16.2. The number of amides is 3. The standard InChI is InChI=1S/C44H52N8O4/c1-6-50(7-2)38(33-13-9-8-10-14-33)41(53)51-25-11-15-36(51)39-45-27-34(47-39)31-21-17-29(18-22-31)30-19-23-32(24-20-30)35-28-46-40(48-35)37-16-12-26-52(37)42(54)44(3,4)49(5)43(55)56/h8-10,13-14,17-24,27-28,36-38H,6-7,11-12,15-16,25-26H2,1-5H3,(H,45,47)(H,46,48)(H,55,56)/t36-,37-,38+/m0/s1. The predicted molar refractivity (Wildman–Crippen MR) is 216 cm³/mol. The van der Waals surface area contributed by atoms with E-state index >= 15 is 0 Å². The maximum Gasteiger partial charge on any atom is 0.407 e. The molecule has 3 N–H and O–H groups in total. The van der Waals surface area contributed by atoms with Crippen molar-refractivity contribution in [2.75, 3.05) is 33.2 Å². The van der Waals surface area contributed by atoms with Gasteiger partial charge in [-0.3, -0.25) is 19.4 Å². The van der Waals surface area contributed by atoms with Gasteiger partial charge >= 0.3 is 6.09 Å². The van der Waals surface area contributed by atoms with Crippen molar-refractivity contribution < 1.29 is 19.5 Å². The van der Waals surface area contributed by atoms with Crippen LogP contribution in [0.4, 0.5) is 4.79 Å². The number of H-pyrrole nitrogens is 2. The molecule has 3 atom stereocenters. The molecular formula is C44H52N8O4. The number of hydrogen-bond acceptors (Lipinski definition) is 6. The fourth-order valence-corrected chi connectivity index (χ4v) is 8.22. The zero-order valence-corrected chi connectivity index (χ0v) is 32.9. The number of carboxylic acid groups (broad SMARTS) is 1. The summed E-state index contributed by atoms with van der Waals surface area (Å²) in [6, 6.07) is 26.1. The van der Waals surface area contributed by atoms with E-state index in [2.05, 4.69) is 94.4 Å². The Kier molecular flexibility index (Phi) is 11.1. The van der Waals surface area contributed by atoms with Crippen molar-refractivity contribution in [3.63, 3.8) is 0 Å². The lowest BCUT2D eigenvalue weighted by Gasteiger charge is -2.37. The molecule has 2 fully saturated rings. The Morgan fingerprint density at radius 1 is 0.750 bits per heavy atom. The van der Waals surface area contributed by atoms with Gasteiger partial charge in [0, 0.05) is 20.1 Å². The Hall–Kier alpha value is -5.75. The van der Waals surface area contributed by atoms with E-state index in [1.54, 1.807) is 24.9 Å². The lowest BCUT2D eigenvalue weighted by Crippen LogP contribution is -2.56. The minimum Gasteiger partial charge on any atom is -0.465 e. The second-order valence-corrected chi connectivity index (χ2v) is 15.3. The van der Waals surface area contributed by atoms with Gasteiger partial charge < -0.3 is 24.9 Å². The van der Waals surface area contributed by atoms with Gasteiger partial charge in [0.25, 0.3) is 0 Å². The molecular weight excluding hydrogens is 705 g/mol. The molecule has 56 heavy (non-hydrogen) atoms. The second-order valence-electron chi connectivity index (χ2n) is 15.3. The fraction of sp³-hybridized carbons (Fsp3) is 0.386. The lowest BCUT2D eigenvalue weighted by molar-refractivity contribution is -0.142. The summed E-state index contributed by atoms with van der Waals surface area (Å²) in [5.41, 5.74) is 5.74. The summed E-state index contributed by atoms with van der Waals surface area (Å²) in [5.74, 6) is 1.41. The van der Waals surface area contributed by atoms with Crippen LogP contribution in [0.25, 0.3) is 33.6 Å². The average Bonchev–Trinajstić information content (AvgIpc) is 4.06. The van der Waals surface area contributed by atoms with E-state index in [0.29, 0.717) is 18.9 Å². The first-order valence-electron chi connectivity index (χ1n) is 19.7. The van der Waals surface area contributed by atoms with Gasteiger partial charge in [0.05, 0.1) is 35.9 Å². The van der Waals surface area contributed by atoms with Crippen LogP contribution in [0.5, 0.6) is 0 Å². The Morgan fingerprint density at radius 2 is 1.21 bits per heavy atom. The quantitative estimate of drug-likeness (QED) is 0.117. The predicted octanol–water partition coefficient (Wildman–Crippen LogP) is 7.93. The summed E-state index contributed by atoms with van der Waals surface area (Å²) in [5, 5.41) is 9.51. The number of aromatic amines is 2. The molecule has 3 amide bonds. The van der Waals surface area contributed by atoms with E-state index in [9.17, 15) is 19.5 Å². The van der Waals surface area contributed by atoms with Crippen molar-refractivity contribution in [3.8, 4) is 33.6 Å². The van der Waals surface area contributed by atoms with E-state index in [1.165, 1.54) is 7.05 Å². The van der Waals surface area contributed by atoms with Crippen LogP contribution in [0.15, 0.2) is 91.3 Å². The number of likely N-dealkylation sites (N-methyl/N-ethyl adjacent to an activating group) is 2. The van der Waals surface area contributed by atoms with Crippen LogP contribution in [0.3, 0.4) is 0 Å². The minimum absolute atomic E-state index is 0.0978. The Balaban J connectivity index is 1.02. The van der Waals surface area contributed by atoms with E-state index in [1.807, 2.05) is 29.3 Å². The van der Waals surface area contributed by atoms with Crippen molar-refractivity contribution in [1.82, 2.24) is 39.5 Å². The largest absolute Gasteiger partial charge is 0.465 e. The summed E-state index contributed by atoms with van der Waals surface area (Å²) >= 11 is 0. The highest BCUT2D eigenvalue weighted by Crippen LogP contribution is 2.37. The molecule has 3 aromatic carbocycles. The zero-order chi connectivity index (χ0) is 39.6. The fourth-order valence-electron chi connectivity index (χ4n) is 8.22. The number of imidazole rings is 2. The van der Waals surface area contributed by atoms with Crippen molar-refractivity contribution in [1.29, 1.82) is 0 Å². The third-order valence-corrected chi connectivity index (χ3v) is 11.8. The summed E-state index contributed by atoms with van der Waals surface area (Å²) in [6.07, 6.45) is 5.90. The van der Waals surface area contributed by atoms with E-state index in [-0.39, 0.29) is 29.9 Å². The summed E-state index contributed by atoms with van der Waals surface area (Å²) < 4.78 is 0. The van der Waals surface area contributed by atoms with Crippen LogP contribution in [-0.2, 0) is 9.59 Å². The zero-order valence-electron chi connectivity index (χ0n) is 32.9. The van der Waals surface area contributed by atoms with Gasteiger partial charge in [-0.2, -0.15) is 0 Å². The first kappa shape index (κ1) is 38.5. The third kappa shape index (κ3) is 7.45. The van der Waals surface area contributed by atoms with E-state index in [0.717, 1.165) is 88.7 Å². The van der Waals surface area contributed by atoms with Crippen LogP contribution in [0, 0.1) is 0 Å². The van der Waals surface area contributed by atoms with Crippen molar-refractivity contribution in [2.45, 2.75) is 77.0 Å². The molecule has 0 radical (unpaired) electrons. The average molecular weight is 757 g/mol. The van der Waals surface area contributed by atoms with Gasteiger partial charge in [0.2, 0.25) is 11.8 Å². The lowest BCUT2D eigenvalue weighted by atomic mass is 10.0. The molecule has 12 heteroatoms. The molecule has 12 nitrogen and oxygen atoms in total. The maximum absolute atomic E-state index is 14.2.